The quantitative estimate of drug-likeness (QED) is 0.671. The number of rotatable bonds is 7. The fourth-order valence-corrected chi connectivity index (χ4v) is 1.36. The minimum absolute atomic E-state index is 0.106. The molecule has 1 N–H and O–H groups in total. The van der Waals surface area contributed by atoms with E-state index in [-0.39, 0.29) is 5.92 Å². The summed E-state index contributed by atoms with van der Waals surface area (Å²) in [5, 5.41) is 12.0. The summed E-state index contributed by atoms with van der Waals surface area (Å²) in [6.45, 7) is 12.5. The molecule has 82 valence electrons. The molecule has 0 saturated heterocycles. The molecule has 0 spiro atoms. The summed E-state index contributed by atoms with van der Waals surface area (Å²) in [4.78, 5) is 2.38. The van der Waals surface area contributed by atoms with E-state index in [0.29, 0.717) is 6.04 Å². The Morgan fingerprint density at radius 2 is 1.86 bits per heavy atom. The van der Waals surface area contributed by atoms with Crippen LogP contribution in [-0.2, 0) is 0 Å². The van der Waals surface area contributed by atoms with Gasteiger partial charge in [-0.2, -0.15) is 5.26 Å². The Morgan fingerprint density at radius 3 is 2.29 bits per heavy atom. The number of nitriles is 1. The van der Waals surface area contributed by atoms with Gasteiger partial charge in [-0.05, 0) is 26.9 Å². The van der Waals surface area contributed by atoms with Crippen molar-refractivity contribution in [1.29, 1.82) is 5.26 Å². The predicted octanol–water partition coefficient (Wildman–Crippen LogP) is 1.47. The zero-order valence-electron chi connectivity index (χ0n) is 9.88. The van der Waals surface area contributed by atoms with Crippen LogP contribution < -0.4 is 5.32 Å². The maximum Gasteiger partial charge on any atom is 0.0666 e. The van der Waals surface area contributed by atoms with Crippen LogP contribution in [0.3, 0.4) is 0 Å². The minimum Gasteiger partial charge on any atom is -0.312 e. The van der Waals surface area contributed by atoms with Gasteiger partial charge >= 0.3 is 0 Å². The monoisotopic (exact) mass is 197 g/mol. The van der Waals surface area contributed by atoms with E-state index in [4.69, 9.17) is 5.26 Å². The average molecular weight is 197 g/mol. The van der Waals surface area contributed by atoms with Gasteiger partial charge < -0.3 is 10.2 Å². The van der Waals surface area contributed by atoms with E-state index >= 15 is 0 Å². The highest BCUT2D eigenvalue weighted by Crippen LogP contribution is 1.94. The first-order chi connectivity index (χ1) is 6.63. The number of hydrogen-bond acceptors (Lipinski definition) is 3. The molecule has 0 bridgehead atoms. The van der Waals surface area contributed by atoms with E-state index in [1.807, 2.05) is 6.92 Å². The van der Waals surface area contributed by atoms with Crippen molar-refractivity contribution in [2.75, 3.05) is 26.2 Å². The van der Waals surface area contributed by atoms with Crippen molar-refractivity contribution in [2.45, 2.75) is 33.7 Å². The topological polar surface area (TPSA) is 39.1 Å². The van der Waals surface area contributed by atoms with Gasteiger partial charge in [0.1, 0.15) is 0 Å². The van der Waals surface area contributed by atoms with Crippen LogP contribution in [0.15, 0.2) is 0 Å². The molecule has 0 aromatic carbocycles. The fraction of sp³-hybridized carbons (Fsp3) is 0.909. The molecule has 3 nitrogen and oxygen atoms in total. The molecule has 3 heteroatoms. The summed E-state index contributed by atoms with van der Waals surface area (Å²) in [6, 6.07) is 2.69. The van der Waals surface area contributed by atoms with Crippen LogP contribution in [0.4, 0.5) is 0 Å². The number of nitrogens with one attached hydrogen (secondary N) is 1. The van der Waals surface area contributed by atoms with Crippen LogP contribution in [-0.4, -0.2) is 37.1 Å². The first-order valence-corrected chi connectivity index (χ1v) is 5.49. The highest BCUT2D eigenvalue weighted by atomic mass is 15.1. The van der Waals surface area contributed by atoms with Crippen LogP contribution >= 0.6 is 0 Å². The van der Waals surface area contributed by atoms with Gasteiger partial charge in [-0.3, -0.25) is 0 Å². The average Bonchev–Trinajstić information content (AvgIpc) is 2.22. The molecule has 0 aliphatic carbocycles. The smallest absolute Gasteiger partial charge is 0.0666 e. The molecule has 0 saturated carbocycles. The molecule has 2 unspecified atom stereocenters. The SMILES string of the molecule is CCN(CC)CC(C)NCC(C)C#N. The van der Waals surface area contributed by atoms with Gasteiger partial charge in [0.2, 0.25) is 0 Å². The maximum atomic E-state index is 8.62. The molecule has 0 fully saturated rings. The third-order valence-corrected chi connectivity index (χ3v) is 2.42. The second-order valence-corrected chi connectivity index (χ2v) is 3.83. The fourth-order valence-electron chi connectivity index (χ4n) is 1.36. The van der Waals surface area contributed by atoms with Crippen molar-refractivity contribution < 1.29 is 0 Å². The minimum atomic E-state index is 0.106. The molecule has 0 aliphatic heterocycles. The van der Waals surface area contributed by atoms with Gasteiger partial charge in [0.15, 0.2) is 0 Å². The van der Waals surface area contributed by atoms with Crippen LogP contribution in [0.5, 0.6) is 0 Å². The lowest BCUT2D eigenvalue weighted by molar-refractivity contribution is 0.269. The number of hydrogen-bond donors (Lipinski definition) is 1. The molecule has 14 heavy (non-hydrogen) atoms. The lowest BCUT2D eigenvalue weighted by atomic mass is 10.2. The lowest BCUT2D eigenvalue weighted by Crippen LogP contribution is -2.40. The largest absolute Gasteiger partial charge is 0.312 e. The molecule has 0 radical (unpaired) electrons. The first-order valence-electron chi connectivity index (χ1n) is 5.49. The van der Waals surface area contributed by atoms with E-state index in [0.717, 1.165) is 26.2 Å². The van der Waals surface area contributed by atoms with Crippen molar-refractivity contribution in [1.82, 2.24) is 10.2 Å². The zero-order chi connectivity index (χ0) is 11.0. The molecule has 0 heterocycles. The molecule has 2 atom stereocenters. The maximum absolute atomic E-state index is 8.62. The Balaban J connectivity index is 3.64. The molecule has 0 aromatic heterocycles. The first kappa shape index (κ1) is 13.4. The lowest BCUT2D eigenvalue weighted by Gasteiger charge is -2.23. The highest BCUT2D eigenvalue weighted by molar-refractivity contribution is 4.81. The summed E-state index contributed by atoms with van der Waals surface area (Å²) in [5.74, 6) is 0.106. The van der Waals surface area contributed by atoms with Gasteiger partial charge in [0.25, 0.3) is 0 Å². The molecular formula is C11H23N3. The third-order valence-electron chi connectivity index (χ3n) is 2.42. The summed E-state index contributed by atoms with van der Waals surface area (Å²) >= 11 is 0. The van der Waals surface area contributed by atoms with Crippen molar-refractivity contribution in [3.05, 3.63) is 0 Å². The van der Waals surface area contributed by atoms with Crippen molar-refractivity contribution in [2.24, 2.45) is 5.92 Å². The van der Waals surface area contributed by atoms with Gasteiger partial charge in [-0.1, -0.05) is 13.8 Å². The van der Waals surface area contributed by atoms with Crippen molar-refractivity contribution >= 4 is 0 Å². The van der Waals surface area contributed by atoms with Crippen LogP contribution in [0.2, 0.25) is 0 Å². The third kappa shape index (κ3) is 5.95. The number of likely N-dealkylation sites (N-methyl/N-ethyl adjacent to an activating group) is 1. The van der Waals surface area contributed by atoms with E-state index in [1.54, 1.807) is 0 Å². The molecule has 0 aromatic rings. The van der Waals surface area contributed by atoms with Gasteiger partial charge in [-0.25, -0.2) is 0 Å². The van der Waals surface area contributed by atoms with E-state index in [9.17, 15) is 0 Å². The summed E-state index contributed by atoms with van der Waals surface area (Å²) in [7, 11) is 0. The van der Waals surface area contributed by atoms with Crippen molar-refractivity contribution in [3.63, 3.8) is 0 Å². The predicted molar refractivity (Wildman–Crippen MR) is 60.0 cm³/mol. The van der Waals surface area contributed by atoms with Gasteiger partial charge in [0.05, 0.1) is 12.0 Å². The molecule has 0 amide bonds. The van der Waals surface area contributed by atoms with Gasteiger partial charge in [-0.15, -0.1) is 0 Å². The van der Waals surface area contributed by atoms with Crippen molar-refractivity contribution in [3.8, 4) is 6.07 Å². The highest BCUT2D eigenvalue weighted by Gasteiger charge is 2.07. The normalized spacial score (nSPS) is 15.1. The molecule has 0 rings (SSSR count). The van der Waals surface area contributed by atoms with Crippen LogP contribution in [0, 0.1) is 17.2 Å². The van der Waals surface area contributed by atoms with Crippen LogP contribution in [0.25, 0.3) is 0 Å². The zero-order valence-corrected chi connectivity index (χ0v) is 9.88. The Labute approximate surface area is 88.1 Å². The Kier molecular flexibility index (Phi) is 7.45. The standard InChI is InChI=1S/C11H23N3/c1-5-14(6-2)9-11(4)13-8-10(3)7-12/h10-11,13H,5-6,8-9H2,1-4H3. The Morgan fingerprint density at radius 1 is 1.29 bits per heavy atom. The van der Waals surface area contributed by atoms with E-state index in [1.165, 1.54) is 0 Å². The second kappa shape index (κ2) is 7.78. The summed E-state index contributed by atoms with van der Waals surface area (Å²) in [6.07, 6.45) is 0. The Bertz CT molecular complexity index is 170. The summed E-state index contributed by atoms with van der Waals surface area (Å²) in [5.41, 5.74) is 0. The van der Waals surface area contributed by atoms with E-state index < -0.39 is 0 Å². The van der Waals surface area contributed by atoms with E-state index in [2.05, 4.69) is 37.1 Å². The summed E-state index contributed by atoms with van der Waals surface area (Å²) < 4.78 is 0. The van der Waals surface area contributed by atoms with Crippen LogP contribution in [0.1, 0.15) is 27.7 Å². The van der Waals surface area contributed by atoms with Gasteiger partial charge in [0, 0.05) is 19.1 Å². The second-order valence-electron chi connectivity index (χ2n) is 3.83. The number of nitrogens with zero attached hydrogens (tertiary/aromatic N) is 2. The molecule has 0 aliphatic rings. The Hall–Kier alpha value is -0.590. The molecular weight excluding hydrogens is 174 g/mol.